The molecule has 134 valence electrons. The molecule has 2 aliphatic heterocycles. The molecular formula is C19H17NO5S. The zero-order chi connectivity index (χ0) is 18.3. The van der Waals surface area contributed by atoms with Crippen LogP contribution in [0.4, 0.5) is 10.5 Å². The highest BCUT2D eigenvalue weighted by atomic mass is 32.2. The van der Waals surface area contributed by atoms with Crippen LogP contribution in [0.5, 0.6) is 17.2 Å². The van der Waals surface area contributed by atoms with Crippen molar-refractivity contribution < 1.29 is 23.8 Å². The number of thioether (sulfide) groups is 1. The number of rotatable bonds is 4. The fraction of sp³-hybridized carbons (Fsp3) is 0.263. The van der Waals surface area contributed by atoms with Crippen molar-refractivity contribution in [1.82, 2.24) is 0 Å². The largest absolute Gasteiger partial charge is 0.496 e. The molecule has 26 heavy (non-hydrogen) atoms. The predicted molar refractivity (Wildman–Crippen MR) is 98.3 cm³/mol. The van der Waals surface area contributed by atoms with Gasteiger partial charge in [0.2, 0.25) is 12.7 Å². The van der Waals surface area contributed by atoms with E-state index in [1.165, 1.54) is 4.90 Å². The molecule has 0 N–H and O–H groups in total. The van der Waals surface area contributed by atoms with Crippen LogP contribution < -0.4 is 19.1 Å². The van der Waals surface area contributed by atoms with Gasteiger partial charge in [-0.15, -0.1) is 0 Å². The molecule has 2 heterocycles. The Labute approximate surface area is 155 Å². The van der Waals surface area contributed by atoms with Crippen molar-refractivity contribution in [1.29, 1.82) is 0 Å². The van der Waals surface area contributed by atoms with E-state index in [0.29, 0.717) is 29.4 Å². The molecule has 0 radical (unpaired) electrons. The van der Waals surface area contributed by atoms with Crippen molar-refractivity contribution in [2.75, 3.05) is 18.8 Å². The molecule has 1 atom stereocenters. The zero-order valence-corrected chi connectivity index (χ0v) is 15.2. The Morgan fingerprint density at radius 1 is 1.15 bits per heavy atom. The van der Waals surface area contributed by atoms with Gasteiger partial charge in [0.15, 0.2) is 11.5 Å². The van der Waals surface area contributed by atoms with E-state index in [1.807, 2.05) is 25.1 Å². The maximum Gasteiger partial charge on any atom is 0.293 e. The summed E-state index contributed by atoms with van der Waals surface area (Å²) in [6, 6.07) is 10.9. The maximum absolute atomic E-state index is 12.8. The van der Waals surface area contributed by atoms with Gasteiger partial charge in [0.25, 0.3) is 5.24 Å². The number of methoxy groups -OCH3 is 1. The third-order valence-electron chi connectivity index (χ3n) is 4.39. The summed E-state index contributed by atoms with van der Waals surface area (Å²) in [7, 11) is 1.56. The molecule has 2 aromatic rings. The lowest BCUT2D eigenvalue weighted by atomic mass is 10.1. The second-order valence-electron chi connectivity index (χ2n) is 6.10. The third kappa shape index (κ3) is 2.88. The number of imide groups is 1. The number of ether oxygens (including phenoxy) is 3. The Hall–Kier alpha value is -2.67. The van der Waals surface area contributed by atoms with Gasteiger partial charge >= 0.3 is 0 Å². The van der Waals surface area contributed by atoms with Crippen molar-refractivity contribution in [2.45, 2.75) is 18.6 Å². The average molecular weight is 371 g/mol. The molecule has 7 heteroatoms. The van der Waals surface area contributed by atoms with Gasteiger partial charge < -0.3 is 14.2 Å². The van der Waals surface area contributed by atoms with Gasteiger partial charge in [-0.25, -0.2) is 4.90 Å². The summed E-state index contributed by atoms with van der Waals surface area (Å²) >= 11 is 1.04. The van der Waals surface area contributed by atoms with E-state index in [1.54, 1.807) is 25.3 Å². The summed E-state index contributed by atoms with van der Waals surface area (Å²) in [5.41, 5.74) is 2.47. The Morgan fingerprint density at radius 2 is 1.85 bits per heavy atom. The summed E-state index contributed by atoms with van der Waals surface area (Å²) in [5.74, 6) is 1.64. The van der Waals surface area contributed by atoms with E-state index >= 15 is 0 Å². The molecule has 2 aliphatic rings. The van der Waals surface area contributed by atoms with Crippen LogP contribution in [-0.2, 0) is 11.2 Å². The molecule has 0 spiro atoms. The molecule has 0 aromatic heterocycles. The molecule has 1 saturated heterocycles. The minimum absolute atomic E-state index is 0.165. The molecule has 2 aromatic carbocycles. The predicted octanol–water partition coefficient (Wildman–Crippen LogP) is 3.54. The van der Waals surface area contributed by atoms with Crippen molar-refractivity contribution in [3.8, 4) is 17.2 Å². The van der Waals surface area contributed by atoms with E-state index in [2.05, 4.69) is 0 Å². The number of nitrogens with zero attached hydrogens (tertiary/aromatic N) is 1. The van der Waals surface area contributed by atoms with E-state index in [-0.39, 0.29) is 17.9 Å². The molecule has 1 fully saturated rings. The van der Waals surface area contributed by atoms with E-state index in [0.717, 1.165) is 22.9 Å². The van der Waals surface area contributed by atoms with Crippen LogP contribution in [0, 0.1) is 6.92 Å². The van der Waals surface area contributed by atoms with Crippen LogP contribution in [0.15, 0.2) is 36.4 Å². The van der Waals surface area contributed by atoms with Crippen LogP contribution in [-0.4, -0.2) is 30.3 Å². The molecule has 4 rings (SSSR count). The van der Waals surface area contributed by atoms with Gasteiger partial charge in [-0.05, 0) is 37.1 Å². The SMILES string of the molecule is COc1cc2c(cc1C[C@@H]1SC(=O)N(c3ccc(C)cc3)C1=O)OCO2. The van der Waals surface area contributed by atoms with Gasteiger partial charge in [0.1, 0.15) is 5.75 Å². The minimum Gasteiger partial charge on any atom is -0.496 e. The fourth-order valence-corrected chi connectivity index (χ4v) is 4.04. The second kappa shape index (κ2) is 6.57. The summed E-state index contributed by atoms with van der Waals surface area (Å²) < 4.78 is 16.2. The van der Waals surface area contributed by atoms with Gasteiger partial charge in [0, 0.05) is 6.07 Å². The topological polar surface area (TPSA) is 65.1 Å². The highest BCUT2D eigenvalue weighted by Gasteiger charge is 2.41. The minimum atomic E-state index is -0.502. The van der Waals surface area contributed by atoms with Crippen molar-refractivity contribution >= 4 is 28.6 Å². The first-order valence-corrected chi connectivity index (χ1v) is 9.02. The number of anilines is 1. The number of fused-ring (bicyclic) bond motifs is 1. The van der Waals surface area contributed by atoms with Crippen LogP contribution in [0.3, 0.4) is 0 Å². The maximum atomic E-state index is 12.8. The Bertz CT molecular complexity index is 880. The second-order valence-corrected chi connectivity index (χ2v) is 7.26. The third-order valence-corrected chi connectivity index (χ3v) is 5.43. The van der Waals surface area contributed by atoms with Gasteiger partial charge in [-0.3, -0.25) is 9.59 Å². The van der Waals surface area contributed by atoms with Crippen molar-refractivity contribution in [2.24, 2.45) is 0 Å². The van der Waals surface area contributed by atoms with E-state index < -0.39 is 5.25 Å². The molecule has 0 saturated carbocycles. The monoisotopic (exact) mass is 371 g/mol. The van der Waals surface area contributed by atoms with Crippen molar-refractivity contribution in [3.63, 3.8) is 0 Å². The Balaban J connectivity index is 1.59. The first kappa shape index (κ1) is 16.8. The van der Waals surface area contributed by atoms with Crippen LogP contribution in [0.1, 0.15) is 11.1 Å². The summed E-state index contributed by atoms with van der Waals surface area (Å²) in [5, 5.41) is -0.762. The van der Waals surface area contributed by atoms with E-state index in [9.17, 15) is 9.59 Å². The Morgan fingerprint density at radius 3 is 2.54 bits per heavy atom. The number of hydrogen-bond acceptors (Lipinski definition) is 6. The summed E-state index contributed by atoms with van der Waals surface area (Å²) in [4.78, 5) is 26.5. The molecule has 0 unspecified atom stereocenters. The van der Waals surface area contributed by atoms with Crippen LogP contribution >= 0.6 is 11.8 Å². The Kier molecular flexibility index (Phi) is 4.24. The van der Waals surface area contributed by atoms with Gasteiger partial charge in [0.05, 0.1) is 18.0 Å². The average Bonchev–Trinajstić information content (AvgIpc) is 3.19. The van der Waals surface area contributed by atoms with Gasteiger partial charge in [-0.1, -0.05) is 29.5 Å². The number of hydrogen-bond donors (Lipinski definition) is 0. The van der Waals surface area contributed by atoms with Gasteiger partial charge in [-0.2, -0.15) is 0 Å². The standard InChI is InChI=1S/C19H17NO5S/c1-11-3-5-13(6-4-11)20-18(21)17(26-19(20)22)8-12-7-15-16(25-10-24-15)9-14(12)23-2/h3-7,9,17H,8,10H2,1-2H3/t17-/m0/s1. The first-order valence-electron chi connectivity index (χ1n) is 8.14. The lowest BCUT2D eigenvalue weighted by molar-refractivity contribution is -0.117. The summed E-state index contributed by atoms with van der Waals surface area (Å²) in [6.07, 6.45) is 0.372. The molecule has 0 aliphatic carbocycles. The van der Waals surface area contributed by atoms with Crippen LogP contribution in [0.25, 0.3) is 0 Å². The first-order chi connectivity index (χ1) is 12.6. The smallest absolute Gasteiger partial charge is 0.293 e. The van der Waals surface area contributed by atoms with Crippen LogP contribution in [0.2, 0.25) is 0 Å². The molecule has 2 amide bonds. The number of aryl methyl sites for hydroxylation is 1. The normalized spacial score (nSPS) is 18.5. The van der Waals surface area contributed by atoms with E-state index in [4.69, 9.17) is 14.2 Å². The highest BCUT2D eigenvalue weighted by molar-refractivity contribution is 8.15. The molecule has 6 nitrogen and oxygen atoms in total. The number of benzene rings is 2. The zero-order valence-electron chi connectivity index (χ0n) is 14.4. The number of carbonyl (C=O) groups is 2. The lowest BCUT2D eigenvalue weighted by Crippen LogP contribution is -2.32. The number of amides is 2. The quantitative estimate of drug-likeness (QED) is 0.819. The summed E-state index contributed by atoms with van der Waals surface area (Å²) in [6.45, 7) is 2.12. The number of carbonyl (C=O) groups excluding carboxylic acids is 2. The lowest BCUT2D eigenvalue weighted by Gasteiger charge is -2.15. The highest BCUT2D eigenvalue weighted by Crippen LogP contribution is 2.41. The molecule has 0 bridgehead atoms. The molecular weight excluding hydrogens is 354 g/mol. The van der Waals surface area contributed by atoms with Crippen molar-refractivity contribution in [3.05, 3.63) is 47.5 Å². The fourth-order valence-electron chi connectivity index (χ4n) is 3.03.